The molecule has 0 aliphatic rings. The molecule has 0 unspecified atom stereocenters. The SMILES string of the molecule is CC.CC(=O)C(C)(C)C.CC(=O)C(C)(C)C.CC(=O)C(C)(C)C.CC(C)(C)CC(C)(C)O.CC(C)(C)CCO.CC(C)(C)CO.CC(C)(C)S(C)(=O)=O.CC(C)(C)c1ccccc1.COCC(C)(C)C.COCCC(C)(C)C.Cc1ccc(C(C)(C)C)cc1C. The van der Waals surface area contributed by atoms with Crippen molar-refractivity contribution >= 4 is 27.2 Å². The molecule has 0 radical (unpaired) electrons. The summed E-state index contributed by atoms with van der Waals surface area (Å²) in [5, 5.41) is 26.2. The molecule has 0 saturated carbocycles. The third kappa shape index (κ3) is 96.3. The Morgan fingerprint density at radius 1 is 0.433 bits per heavy atom. The van der Waals surface area contributed by atoms with E-state index >= 15 is 0 Å². The zero-order chi connectivity index (χ0) is 75.6. The lowest BCUT2D eigenvalue weighted by Gasteiger charge is -2.27. The molecule has 2 aromatic carbocycles. The Kier molecular flexibility index (Phi) is 59.0. The molecule has 0 heterocycles. The Balaban J connectivity index is -0.0000000981. The van der Waals surface area contributed by atoms with Crippen molar-refractivity contribution in [3.63, 3.8) is 0 Å². The first-order valence-corrected chi connectivity index (χ1v) is 34.7. The van der Waals surface area contributed by atoms with E-state index in [2.05, 4.69) is 187 Å². The third-order valence-corrected chi connectivity index (χ3v) is 14.5. The van der Waals surface area contributed by atoms with Crippen LogP contribution in [0.1, 0.15) is 318 Å². The van der Waals surface area contributed by atoms with Crippen LogP contribution in [0.3, 0.4) is 0 Å². The molecule has 0 amide bonds. The van der Waals surface area contributed by atoms with E-state index in [1.54, 1.807) is 55.8 Å². The van der Waals surface area contributed by atoms with Crippen molar-refractivity contribution in [2.45, 2.75) is 331 Å². The Bertz CT molecular complexity index is 2070. The number of methoxy groups -OCH3 is 2. The highest BCUT2D eigenvalue weighted by atomic mass is 32.2. The van der Waals surface area contributed by atoms with Gasteiger partial charge in [-0.1, -0.05) is 270 Å². The van der Waals surface area contributed by atoms with E-state index in [1.165, 1.54) is 28.5 Å². The number of aliphatic hydroxyl groups excluding tert-OH is 2. The molecule has 2 rings (SSSR count). The minimum absolute atomic E-state index is 0.0972. The minimum atomic E-state index is -2.84. The molecule has 0 aliphatic heterocycles. The molecule has 0 aliphatic carbocycles. The average molecular weight is 1300 g/mol. The van der Waals surface area contributed by atoms with Crippen molar-refractivity contribution in [3.8, 4) is 0 Å². The normalized spacial score (nSPS) is 12.0. The standard InChI is InChI=1S/C12H18.C10H14.C8H18O.C7H16O.2C6H14O.3C6H12O.C5H12O2S.C5H12O.C2H6/c1-9-6-7-11(8-10(9)2)12(3,4)5;1-10(2,3)9-7-5-4-6-8-9;1-7(2,3)6-8(4,5)9;1-7(2,3)5-6-8-4;1-6(2,3)5-7-4;1-6(2,3)4-5-7;3*1-5(7)6(2,3)4;1-5(2,3)8(4,6)7;1-5(2,3)4-6;1-2/h6-8H,1-5H3;4-8H,1-3H3;9H,6H2,1-5H3;5-6H2,1-4H3;5H2,1-4H3;7H,4-5H2,1-3H3;3*1-4H3;1-4H3;6H,4H2,1-3H3;1-2H3. The number of carbonyl (C=O) groups excluding carboxylic acids is 3. The number of Topliss-reactive ketones (excluding diaryl/α,β-unsaturated/α-hetero) is 3. The summed E-state index contributed by atoms with van der Waals surface area (Å²) in [4.78, 5) is 31.4. The Labute approximate surface area is 564 Å². The van der Waals surface area contributed by atoms with Gasteiger partial charge in [0.25, 0.3) is 0 Å². The predicted molar refractivity (Wildman–Crippen MR) is 401 cm³/mol. The summed E-state index contributed by atoms with van der Waals surface area (Å²) in [6.45, 7) is 86.6. The molecular formula is C79H160O10S. The number of rotatable bonds is 5. The topological polar surface area (TPSA) is 164 Å². The van der Waals surface area contributed by atoms with Crippen molar-refractivity contribution in [1.82, 2.24) is 0 Å². The quantitative estimate of drug-likeness (QED) is 0.262. The number of hydrogen-bond acceptors (Lipinski definition) is 10. The first-order chi connectivity index (χ1) is 39.0. The van der Waals surface area contributed by atoms with Gasteiger partial charge in [0.2, 0.25) is 0 Å². The molecular weight excluding hydrogens is 1140 g/mol. The lowest BCUT2D eigenvalue weighted by molar-refractivity contribution is -0.124. The van der Waals surface area contributed by atoms with E-state index in [0.29, 0.717) is 28.3 Å². The summed E-state index contributed by atoms with van der Waals surface area (Å²) < 4.78 is 30.5. The maximum atomic E-state index is 10.7. The highest BCUT2D eigenvalue weighted by Crippen LogP contribution is 2.27. The molecule has 0 aromatic heterocycles. The van der Waals surface area contributed by atoms with Crippen molar-refractivity contribution in [3.05, 3.63) is 70.8 Å². The van der Waals surface area contributed by atoms with Crippen molar-refractivity contribution < 1.29 is 47.6 Å². The van der Waals surface area contributed by atoms with Crippen LogP contribution in [-0.2, 0) is 44.5 Å². The van der Waals surface area contributed by atoms with Gasteiger partial charge in [0, 0.05) is 56.5 Å². The number of sulfone groups is 1. The third-order valence-electron chi connectivity index (χ3n) is 12.2. The second-order valence-electron chi connectivity index (χ2n) is 36.1. The minimum Gasteiger partial charge on any atom is -0.396 e. The van der Waals surface area contributed by atoms with Crippen LogP contribution in [0.25, 0.3) is 0 Å². The summed E-state index contributed by atoms with van der Waals surface area (Å²) in [6.07, 6.45) is 4.13. The van der Waals surface area contributed by atoms with Gasteiger partial charge in [-0.05, 0) is 149 Å². The highest BCUT2D eigenvalue weighted by Gasteiger charge is 2.24. The van der Waals surface area contributed by atoms with E-state index in [-0.39, 0.29) is 56.4 Å². The summed E-state index contributed by atoms with van der Waals surface area (Å²) in [5.41, 5.74) is 6.61. The van der Waals surface area contributed by atoms with Crippen molar-refractivity contribution in [1.29, 1.82) is 0 Å². The lowest BCUT2D eigenvalue weighted by Crippen LogP contribution is -2.26. The Morgan fingerprint density at radius 2 is 0.722 bits per heavy atom. The summed E-state index contributed by atoms with van der Waals surface area (Å²) in [6, 6.07) is 17.3. The summed E-state index contributed by atoms with van der Waals surface area (Å²) in [5.74, 6) is 0.729. The van der Waals surface area contributed by atoms with E-state index in [9.17, 15) is 27.9 Å². The molecule has 0 spiro atoms. The molecule has 90 heavy (non-hydrogen) atoms. The monoisotopic (exact) mass is 1300 g/mol. The average Bonchev–Trinajstić information content (AvgIpc) is 3.28. The second-order valence-corrected chi connectivity index (χ2v) is 38.8. The zero-order valence-corrected chi connectivity index (χ0v) is 69.5. The van der Waals surface area contributed by atoms with E-state index in [4.69, 9.17) is 19.7 Å². The van der Waals surface area contributed by atoms with Crippen LogP contribution in [0.5, 0.6) is 0 Å². The van der Waals surface area contributed by atoms with Crippen molar-refractivity contribution in [2.75, 3.05) is 46.9 Å². The van der Waals surface area contributed by atoms with Crippen molar-refractivity contribution in [2.24, 2.45) is 43.3 Å². The number of benzene rings is 2. The lowest BCUT2D eigenvalue weighted by atomic mass is 9.84. The van der Waals surface area contributed by atoms with Gasteiger partial charge in [0.15, 0.2) is 9.84 Å². The maximum Gasteiger partial charge on any atom is 0.152 e. The molecule has 3 N–H and O–H groups in total. The van der Waals surface area contributed by atoms with Gasteiger partial charge in [-0.2, -0.15) is 0 Å². The largest absolute Gasteiger partial charge is 0.396 e. The number of aliphatic hydroxyl groups is 3. The van der Waals surface area contributed by atoms with Gasteiger partial charge in [-0.25, -0.2) is 8.42 Å². The number of hydrogen-bond donors (Lipinski definition) is 3. The van der Waals surface area contributed by atoms with Crippen LogP contribution in [-0.4, -0.2) is 98.3 Å². The Morgan fingerprint density at radius 3 is 0.822 bits per heavy atom. The number of aryl methyl sites for hydroxylation is 2. The maximum absolute atomic E-state index is 10.7. The van der Waals surface area contributed by atoms with Gasteiger partial charge >= 0.3 is 0 Å². The van der Waals surface area contributed by atoms with Crippen LogP contribution < -0.4 is 0 Å². The molecule has 0 fully saturated rings. The van der Waals surface area contributed by atoms with E-state index in [0.717, 1.165) is 32.5 Å². The molecule has 0 bridgehead atoms. The van der Waals surface area contributed by atoms with Gasteiger partial charge < -0.3 is 24.8 Å². The summed E-state index contributed by atoms with van der Waals surface area (Å²) in [7, 11) is 0.629. The zero-order valence-electron chi connectivity index (χ0n) is 68.7. The van der Waals surface area contributed by atoms with Gasteiger partial charge in [0.05, 0.1) is 17.0 Å². The van der Waals surface area contributed by atoms with Crippen LogP contribution in [0.15, 0.2) is 48.5 Å². The molecule has 2 aromatic rings. The van der Waals surface area contributed by atoms with Gasteiger partial charge in [-0.15, -0.1) is 0 Å². The molecule has 542 valence electrons. The molecule has 0 atom stereocenters. The molecule has 11 heteroatoms. The van der Waals surface area contributed by atoms with E-state index < -0.39 is 20.2 Å². The number of ether oxygens (including phenoxy) is 2. The van der Waals surface area contributed by atoms with E-state index in [1.807, 2.05) is 111 Å². The van der Waals surface area contributed by atoms with Crippen LogP contribution >= 0.6 is 0 Å². The summed E-state index contributed by atoms with van der Waals surface area (Å²) >= 11 is 0. The first kappa shape index (κ1) is 109. The van der Waals surface area contributed by atoms with Gasteiger partial charge in [0.1, 0.15) is 17.3 Å². The first-order valence-electron chi connectivity index (χ1n) is 32.8. The fraction of sp³-hybridized carbons (Fsp3) is 0.810. The van der Waals surface area contributed by atoms with Crippen LogP contribution in [0.4, 0.5) is 0 Å². The predicted octanol–water partition coefficient (Wildman–Crippen LogP) is 21.7. The van der Waals surface area contributed by atoms with Crippen LogP contribution in [0.2, 0.25) is 0 Å². The Hall–Kier alpha value is -2.80. The fourth-order valence-electron chi connectivity index (χ4n) is 4.62. The smallest absolute Gasteiger partial charge is 0.152 e. The molecule has 10 nitrogen and oxygen atoms in total. The van der Waals surface area contributed by atoms with Crippen LogP contribution in [0, 0.1) is 57.2 Å². The fourth-order valence-corrected chi connectivity index (χ4v) is 4.62. The molecule has 0 saturated heterocycles. The number of ketones is 3. The van der Waals surface area contributed by atoms with Gasteiger partial charge in [-0.3, -0.25) is 14.4 Å². The number of carbonyl (C=O) groups is 3. The second kappa shape index (κ2) is 48.8. The highest BCUT2D eigenvalue weighted by molar-refractivity contribution is 7.92.